The van der Waals surface area contributed by atoms with Crippen LogP contribution in [0.15, 0.2) is 12.1 Å². The lowest BCUT2D eigenvalue weighted by Crippen LogP contribution is -2.30. The number of hydrogen-bond acceptors (Lipinski definition) is 3. The van der Waals surface area contributed by atoms with Gasteiger partial charge in [-0.25, -0.2) is 0 Å². The van der Waals surface area contributed by atoms with Gasteiger partial charge in [-0.05, 0) is 23.1 Å². The Morgan fingerprint density at radius 3 is 2.14 bits per heavy atom. The van der Waals surface area contributed by atoms with Crippen LogP contribution in [0.4, 0.5) is 24.5 Å². The average molecular weight is 318 g/mol. The van der Waals surface area contributed by atoms with Crippen LogP contribution in [0.1, 0.15) is 26.3 Å². The highest BCUT2D eigenvalue weighted by atomic mass is 19.4. The van der Waals surface area contributed by atoms with E-state index in [1.165, 1.54) is 13.2 Å². The minimum atomic E-state index is -5.03. The van der Waals surface area contributed by atoms with Gasteiger partial charge in [-0.3, -0.25) is 9.59 Å². The largest absolute Gasteiger partial charge is 0.492 e. The predicted molar refractivity (Wildman–Crippen MR) is 76.1 cm³/mol. The fourth-order valence-electron chi connectivity index (χ4n) is 1.74. The molecule has 0 aliphatic heterocycles. The molecule has 0 aliphatic rings. The van der Waals surface area contributed by atoms with Gasteiger partial charge in [0.05, 0.1) is 18.5 Å². The molecule has 2 N–H and O–H groups in total. The first kappa shape index (κ1) is 17.8. The predicted octanol–water partition coefficient (Wildman–Crippen LogP) is 3.06. The summed E-state index contributed by atoms with van der Waals surface area (Å²) >= 11 is 0. The SMILES string of the molecule is COc1c(NC=O)cc(C(C)(C)C)cc1NC(=O)C(F)(F)F. The summed E-state index contributed by atoms with van der Waals surface area (Å²) in [5.74, 6) is -2.17. The van der Waals surface area contributed by atoms with Crippen molar-refractivity contribution in [1.29, 1.82) is 0 Å². The van der Waals surface area contributed by atoms with Crippen molar-refractivity contribution in [2.45, 2.75) is 32.4 Å². The third-order valence-electron chi connectivity index (χ3n) is 2.88. The van der Waals surface area contributed by atoms with Gasteiger partial charge in [-0.2, -0.15) is 13.2 Å². The van der Waals surface area contributed by atoms with Crippen LogP contribution in [0.2, 0.25) is 0 Å². The molecule has 1 aromatic rings. The molecule has 2 amide bonds. The van der Waals surface area contributed by atoms with Crippen molar-refractivity contribution in [2.75, 3.05) is 17.7 Å². The lowest BCUT2D eigenvalue weighted by atomic mass is 9.86. The second kappa shape index (κ2) is 6.25. The highest BCUT2D eigenvalue weighted by molar-refractivity contribution is 5.98. The van der Waals surface area contributed by atoms with Crippen molar-refractivity contribution in [3.05, 3.63) is 17.7 Å². The van der Waals surface area contributed by atoms with Gasteiger partial charge < -0.3 is 15.4 Å². The van der Waals surface area contributed by atoms with Crippen LogP contribution in [-0.2, 0) is 15.0 Å². The van der Waals surface area contributed by atoms with Gasteiger partial charge in [0.1, 0.15) is 0 Å². The molecule has 1 rings (SSSR count). The standard InChI is InChI=1S/C14H17F3N2O3/c1-13(2,3)8-5-9(18-7-20)11(22-4)10(6-8)19-12(21)14(15,16)17/h5-7H,1-4H3,(H,18,20)(H,19,21). The fourth-order valence-corrected chi connectivity index (χ4v) is 1.74. The number of anilines is 2. The summed E-state index contributed by atoms with van der Waals surface area (Å²) in [7, 11) is 1.23. The van der Waals surface area contributed by atoms with Crippen LogP contribution in [0.3, 0.4) is 0 Å². The number of alkyl halides is 3. The lowest BCUT2D eigenvalue weighted by molar-refractivity contribution is -0.167. The molecule has 5 nitrogen and oxygen atoms in total. The van der Waals surface area contributed by atoms with E-state index in [4.69, 9.17) is 4.74 Å². The molecule has 0 spiro atoms. The van der Waals surface area contributed by atoms with Gasteiger partial charge in [0.2, 0.25) is 6.41 Å². The normalized spacial score (nSPS) is 11.8. The Balaban J connectivity index is 3.42. The highest BCUT2D eigenvalue weighted by Gasteiger charge is 2.39. The summed E-state index contributed by atoms with van der Waals surface area (Å²) < 4.78 is 42.3. The molecule has 0 aromatic heterocycles. The quantitative estimate of drug-likeness (QED) is 0.839. The van der Waals surface area contributed by atoms with E-state index in [-0.39, 0.29) is 17.1 Å². The molecule has 22 heavy (non-hydrogen) atoms. The summed E-state index contributed by atoms with van der Waals surface area (Å²) in [5, 5.41) is 4.12. The molecule has 0 unspecified atom stereocenters. The molecule has 0 bridgehead atoms. The Hall–Kier alpha value is -2.25. The molecule has 0 heterocycles. The molecule has 0 aliphatic carbocycles. The third-order valence-corrected chi connectivity index (χ3v) is 2.88. The fraction of sp³-hybridized carbons (Fsp3) is 0.429. The second-order valence-electron chi connectivity index (χ2n) is 5.57. The number of ether oxygens (including phenoxy) is 1. The smallest absolute Gasteiger partial charge is 0.471 e. The Labute approximate surface area is 125 Å². The van der Waals surface area contributed by atoms with E-state index in [0.29, 0.717) is 12.0 Å². The van der Waals surface area contributed by atoms with E-state index < -0.39 is 17.5 Å². The topological polar surface area (TPSA) is 67.4 Å². The summed E-state index contributed by atoms with van der Waals surface area (Å²) in [4.78, 5) is 21.8. The van der Waals surface area contributed by atoms with Gasteiger partial charge in [-0.1, -0.05) is 20.8 Å². The number of rotatable bonds is 4. The van der Waals surface area contributed by atoms with Crippen molar-refractivity contribution in [3.63, 3.8) is 0 Å². The Bertz CT molecular complexity index is 578. The maximum absolute atomic E-state index is 12.4. The molecule has 0 radical (unpaired) electrons. The Morgan fingerprint density at radius 1 is 1.18 bits per heavy atom. The number of nitrogens with one attached hydrogen (secondary N) is 2. The number of carbonyl (C=O) groups excluding carboxylic acids is 2. The van der Waals surface area contributed by atoms with Gasteiger partial charge in [0.25, 0.3) is 0 Å². The van der Waals surface area contributed by atoms with Crippen LogP contribution in [0, 0.1) is 0 Å². The van der Waals surface area contributed by atoms with Crippen molar-refractivity contribution in [2.24, 2.45) is 0 Å². The Kier molecular flexibility index (Phi) is 5.05. The molecular weight excluding hydrogens is 301 g/mol. The summed E-state index contributed by atoms with van der Waals surface area (Å²) in [6, 6.07) is 2.97. The van der Waals surface area contributed by atoms with E-state index in [1.807, 2.05) is 20.8 Å². The first-order chi connectivity index (χ1) is 10.0. The van der Waals surface area contributed by atoms with Gasteiger partial charge in [-0.15, -0.1) is 0 Å². The van der Waals surface area contributed by atoms with Crippen LogP contribution in [-0.4, -0.2) is 25.6 Å². The highest BCUT2D eigenvalue weighted by Crippen LogP contribution is 2.39. The van der Waals surface area contributed by atoms with Crippen molar-refractivity contribution >= 4 is 23.7 Å². The summed E-state index contributed by atoms with van der Waals surface area (Å²) in [6.45, 7) is 5.53. The minimum absolute atomic E-state index is 0.0577. The maximum Gasteiger partial charge on any atom is 0.471 e. The monoisotopic (exact) mass is 318 g/mol. The molecule has 0 saturated heterocycles. The van der Waals surface area contributed by atoms with Gasteiger partial charge in [0, 0.05) is 0 Å². The zero-order valence-corrected chi connectivity index (χ0v) is 12.6. The number of amides is 2. The van der Waals surface area contributed by atoms with Crippen LogP contribution in [0.25, 0.3) is 0 Å². The zero-order chi connectivity index (χ0) is 17.1. The Morgan fingerprint density at radius 2 is 1.73 bits per heavy atom. The number of halogens is 3. The van der Waals surface area contributed by atoms with Gasteiger partial charge in [0.15, 0.2) is 5.75 Å². The number of hydrogen-bond donors (Lipinski definition) is 2. The first-order valence-corrected chi connectivity index (χ1v) is 6.31. The van der Waals surface area contributed by atoms with E-state index in [1.54, 1.807) is 11.4 Å². The lowest BCUT2D eigenvalue weighted by Gasteiger charge is -2.23. The molecule has 0 atom stereocenters. The molecular formula is C14H17F3N2O3. The zero-order valence-electron chi connectivity index (χ0n) is 12.6. The minimum Gasteiger partial charge on any atom is -0.492 e. The van der Waals surface area contributed by atoms with E-state index in [0.717, 1.165) is 0 Å². The van der Waals surface area contributed by atoms with Crippen LogP contribution >= 0.6 is 0 Å². The van der Waals surface area contributed by atoms with Gasteiger partial charge >= 0.3 is 12.1 Å². The molecule has 8 heteroatoms. The number of benzene rings is 1. The van der Waals surface area contributed by atoms with E-state index in [9.17, 15) is 22.8 Å². The van der Waals surface area contributed by atoms with Crippen LogP contribution in [0.5, 0.6) is 5.75 Å². The summed E-state index contributed by atoms with van der Waals surface area (Å²) in [6.07, 6.45) is -4.65. The van der Waals surface area contributed by atoms with E-state index >= 15 is 0 Å². The van der Waals surface area contributed by atoms with E-state index in [2.05, 4.69) is 5.32 Å². The summed E-state index contributed by atoms with van der Waals surface area (Å²) in [5.41, 5.74) is 0.211. The van der Waals surface area contributed by atoms with Crippen molar-refractivity contribution in [1.82, 2.24) is 0 Å². The van der Waals surface area contributed by atoms with Crippen molar-refractivity contribution < 1.29 is 27.5 Å². The third kappa shape index (κ3) is 4.12. The molecule has 0 fully saturated rings. The first-order valence-electron chi connectivity index (χ1n) is 6.31. The molecule has 122 valence electrons. The number of carbonyl (C=O) groups is 2. The molecule has 0 saturated carbocycles. The van der Waals surface area contributed by atoms with Crippen molar-refractivity contribution in [3.8, 4) is 5.75 Å². The molecule has 1 aromatic carbocycles. The second-order valence-corrected chi connectivity index (χ2v) is 5.57. The van der Waals surface area contributed by atoms with Crippen LogP contribution < -0.4 is 15.4 Å². The maximum atomic E-state index is 12.4. The average Bonchev–Trinajstić information content (AvgIpc) is 2.36. The number of methoxy groups -OCH3 is 1.